The highest BCUT2D eigenvalue weighted by Crippen LogP contribution is 2.20. The minimum absolute atomic E-state index is 0.195. The minimum atomic E-state index is -0.955. The number of carboxylic acids is 1. The molecule has 0 aliphatic rings. The van der Waals surface area contributed by atoms with Crippen molar-refractivity contribution in [1.29, 1.82) is 0 Å². The number of pyridine rings is 1. The number of hydrogen-bond acceptors (Lipinski definition) is 3. The summed E-state index contributed by atoms with van der Waals surface area (Å²) in [6, 6.07) is 6.02. The second-order valence-electron chi connectivity index (χ2n) is 3.73. The molecule has 4 nitrogen and oxygen atoms in total. The van der Waals surface area contributed by atoms with E-state index in [1.54, 1.807) is 12.1 Å². The molecule has 0 radical (unpaired) electrons. The highest BCUT2D eigenvalue weighted by molar-refractivity contribution is 5.84. The summed E-state index contributed by atoms with van der Waals surface area (Å²) in [5, 5.41) is 12.0. The number of aromatic nitrogens is 1. The van der Waals surface area contributed by atoms with Crippen LogP contribution in [0.15, 0.2) is 24.3 Å². The minimum Gasteiger partial charge on any atom is -0.480 e. The lowest BCUT2D eigenvalue weighted by Gasteiger charge is -2.07. The van der Waals surface area contributed by atoms with Gasteiger partial charge in [0.2, 0.25) is 0 Å². The number of halogens is 1. The molecule has 88 valence electrons. The van der Waals surface area contributed by atoms with Gasteiger partial charge in [-0.1, -0.05) is 0 Å². The summed E-state index contributed by atoms with van der Waals surface area (Å²) in [5.74, 6) is -0.790. The molecule has 0 aliphatic carbocycles. The number of anilines is 1. The van der Waals surface area contributed by atoms with Crippen molar-refractivity contribution in [2.24, 2.45) is 0 Å². The molecule has 0 saturated heterocycles. The molecule has 2 rings (SSSR count). The van der Waals surface area contributed by atoms with Crippen molar-refractivity contribution in [2.75, 3.05) is 11.9 Å². The number of hydrogen-bond donors (Lipinski definition) is 2. The number of carboxylic acid groups (broad SMARTS) is 1. The molecular formula is C12H11FN2O2. The topological polar surface area (TPSA) is 62.2 Å². The molecule has 1 aromatic heterocycles. The normalized spacial score (nSPS) is 10.5. The summed E-state index contributed by atoms with van der Waals surface area (Å²) < 4.78 is 13.0. The highest BCUT2D eigenvalue weighted by atomic mass is 19.1. The zero-order valence-corrected chi connectivity index (χ0v) is 9.20. The van der Waals surface area contributed by atoms with Gasteiger partial charge in [-0.3, -0.25) is 4.79 Å². The first-order valence-corrected chi connectivity index (χ1v) is 5.09. The summed E-state index contributed by atoms with van der Waals surface area (Å²) >= 11 is 0. The third-order valence-electron chi connectivity index (χ3n) is 2.40. The second-order valence-corrected chi connectivity index (χ2v) is 3.73. The van der Waals surface area contributed by atoms with E-state index in [9.17, 15) is 9.18 Å². The highest BCUT2D eigenvalue weighted by Gasteiger charge is 2.05. The molecule has 0 atom stereocenters. The van der Waals surface area contributed by atoms with Crippen molar-refractivity contribution < 1.29 is 14.3 Å². The molecule has 1 aromatic carbocycles. The number of nitrogens with one attached hydrogen (secondary N) is 1. The van der Waals surface area contributed by atoms with E-state index in [0.29, 0.717) is 11.3 Å². The number of benzene rings is 1. The number of fused-ring (bicyclic) bond motifs is 1. The molecule has 2 aromatic rings. The Labute approximate surface area is 97.1 Å². The molecule has 0 unspecified atom stereocenters. The molecule has 1 heterocycles. The zero-order valence-electron chi connectivity index (χ0n) is 9.20. The standard InChI is InChI=1S/C12H11FN2O2/c1-7-4-11(14-6-12(16)17)15-10-3-2-8(13)5-9(7)10/h2-5H,6H2,1H3,(H,14,15)(H,16,17). The van der Waals surface area contributed by atoms with Crippen LogP contribution in [0.5, 0.6) is 0 Å². The van der Waals surface area contributed by atoms with Gasteiger partial charge in [0, 0.05) is 5.39 Å². The number of aryl methyl sites for hydroxylation is 1. The van der Waals surface area contributed by atoms with Crippen LogP contribution in [0.4, 0.5) is 10.2 Å². The van der Waals surface area contributed by atoms with Crippen LogP contribution in [0.25, 0.3) is 10.9 Å². The van der Waals surface area contributed by atoms with Crippen molar-refractivity contribution in [1.82, 2.24) is 4.98 Å². The molecule has 2 N–H and O–H groups in total. The van der Waals surface area contributed by atoms with Gasteiger partial charge in [-0.2, -0.15) is 0 Å². The third kappa shape index (κ3) is 2.50. The Morgan fingerprint density at radius 3 is 2.94 bits per heavy atom. The average Bonchev–Trinajstić information content (AvgIpc) is 2.27. The molecule has 0 bridgehead atoms. The molecule has 0 saturated carbocycles. The molecule has 0 fully saturated rings. The fourth-order valence-electron chi connectivity index (χ4n) is 1.62. The van der Waals surface area contributed by atoms with Crippen LogP contribution in [0, 0.1) is 12.7 Å². The van der Waals surface area contributed by atoms with Gasteiger partial charge < -0.3 is 10.4 Å². The lowest BCUT2D eigenvalue weighted by Crippen LogP contribution is -2.13. The van der Waals surface area contributed by atoms with Crippen LogP contribution in [-0.4, -0.2) is 22.6 Å². The maximum Gasteiger partial charge on any atom is 0.322 e. The molecule has 0 amide bonds. The van der Waals surface area contributed by atoms with E-state index in [2.05, 4.69) is 10.3 Å². The van der Waals surface area contributed by atoms with E-state index in [1.807, 2.05) is 6.92 Å². The van der Waals surface area contributed by atoms with Crippen LogP contribution in [0.2, 0.25) is 0 Å². The van der Waals surface area contributed by atoms with E-state index < -0.39 is 5.97 Å². The fraction of sp³-hybridized carbons (Fsp3) is 0.167. The Morgan fingerprint density at radius 1 is 1.47 bits per heavy atom. The van der Waals surface area contributed by atoms with Crippen LogP contribution in [0.1, 0.15) is 5.56 Å². The van der Waals surface area contributed by atoms with Gasteiger partial charge in [-0.25, -0.2) is 9.37 Å². The summed E-state index contributed by atoms with van der Waals surface area (Å²) in [6.45, 7) is 1.63. The van der Waals surface area contributed by atoms with E-state index in [-0.39, 0.29) is 12.4 Å². The SMILES string of the molecule is Cc1cc(NCC(=O)O)nc2ccc(F)cc12. The van der Waals surface area contributed by atoms with Crippen LogP contribution >= 0.6 is 0 Å². The van der Waals surface area contributed by atoms with Crippen molar-refractivity contribution in [3.05, 3.63) is 35.6 Å². The Hall–Kier alpha value is -2.17. The summed E-state index contributed by atoms with van der Waals surface area (Å²) in [5.41, 5.74) is 1.49. The van der Waals surface area contributed by atoms with E-state index in [1.165, 1.54) is 12.1 Å². The van der Waals surface area contributed by atoms with Crippen LogP contribution < -0.4 is 5.32 Å². The quantitative estimate of drug-likeness (QED) is 0.854. The third-order valence-corrected chi connectivity index (χ3v) is 2.40. The molecule has 5 heteroatoms. The molecule has 0 aliphatic heterocycles. The lowest BCUT2D eigenvalue weighted by atomic mass is 10.1. The van der Waals surface area contributed by atoms with Gasteiger partial charge in [0.15, 0.2) is 0 Å². The monoisotopic (exact) mass is 234 g/mol. The first-order valence-electron chi connectivity index (χ1n) is 5.09. The van der Waals surface area contributed by atoms with Gasteiger partial charge in [0.05, 0.1) is 5.52 Å². The zero-order chi connectivity index (χ0) is 12.4. The maximum absolute atomic E-state index is 13.0. The summed E-state index contributed by atoms with van der Waals surface area (Å²) in [6.07, 6.45) is 0. The van der Waals surface area contributed by atoms with E-state index >= 15 is 0 Å². The van der Waals surface area contributed by atoms with E-state index in [4.69, 9.17) is 5.11 Å². The maximum atomic E-state index is 13.0. The Kier molecular flexibility index (Phi) is 2.91. The van der Waals surface area contributed by atoms with Crippen molar-refractivity contribution >= 4 is 22.7 Å². The lowest BCUT2D eigenvalue weighted by molar-refractivity contribution is -0.134. The summed E-state index contributed by atoms with van der Waals surface area (Å²) in [7, 11) is 0. The first-order chi connectivity index (χ1) is 8.06. The van der Waals surface area contributed by atoms with Crippen molar-refractivity contribution in [2.45, 2.75) is 6.92 Å². The van der Waals surface area contributed by atoms with Gasteiger partial charge in [0.25, 0.3) is 0 Å². The smallest absolute Gasteiger partial charge is 0.322 e. The van der Waals surface area contributed by atoms with E-state index in [0.717, 1.165) is 10.9 Å². The number of nitrogens with zero attached hydrogens (tertiary/aromatic N) is 1. The largest absolute Gasteiger partial charge is 0.480 e. The van der Waals surface area contributed by atoms with Crippen LogP contribution in [-0.2, 0) is 4.79 Å². The van der Waals surface area contributed by atoms with Gasteiger partial charge in [-0.15, -0.1) is 0 Å². The second kappa shape index (κ2) is 4.37. The first kappa shape index (κ1) is 11.3. The van der Waals surface area contributed by atoms with Crippen molar-refractivity contribution in [3.8, 4) is 0 Å². The fourth-order valence-corrected chi connectivity index (χ4v) is 1.62. The molecule has 0 spiro atoms. The number of rotatable bonds is 3. The van der Waals surface area contributed by atoms with Crippen molar-refractivity contribution in [3.63, 3.8) is 0 Å². The van der Waals surface area contributed by atoms with Gasteiger partial charge in [-0.05, 0) is 36.8 Å². The Morgan fingerprint density at radius 2 is 2.24 bits per heavy atom. The van der Waals surface area contributed by atoms with Gasteiger partial charge in [0.1, 0.15) is 18.2 Å². The predicted molar refractivity (Wildman–Crippen MR) is 62.6 cm³/mol. The van der Waals surface area contributed by atoms with Gasteiger partial charge >= 0.3 is 5.97 Å². The number of aliphatic carboxylic acids is 1. The molecule has 17 heavy (non-hydrogen) atoms. The Bertz CT molecular complexity index is 584. The van der Waals surface area contributed by atoms with Crippen LogP contribution in [0.3, 0.4) is 0 Å². The number of carbonyl (C=O) groups is 1. The Balaban J connectivity index is 2.41. The average molecular weight is 234 g/mol. The predicted octanol–water partition coefficient (Wildman–Crippen LogP) is 2.18. The molecular weight excluding hydrogens is 223 g/mol. The summed E-state index contributed by atoms with van der Waals surface area (Å²) in [4.78, 5) is 14.6.